The first-order chi connectivity index (χ1) is 14.3. The smallest absolute Gasteiger partial charge is 0.420 e. The van der Waals surface area contributed by atoms with Crippen molar-refractivity contribution in [2.75, 3.05) is 0 Å². The Hall–Kier alpha value is -3.10. The Bertz CT molecular complexity index is 949. The van der Waals surface area contributed by atoms with Gasteiger partial charge in [0.25, 0.3) is 0 Å². The van der Waals surface area contributed by atoms with Crippen LogP contribution in [0.2, 0.25) is 0 Å². The van der Waals surface area contributed by atoms with Crippen LogP contribution >= 0.6 is 0 Å². The predicted octanol–water partition coefficient (Wildman–Crippen LogP) is 5.88. The fourth-order valence-electron chi connectivity index (χ4n) is 3.25. The zero-order chi connectivity index (χ0) is 23.0. The highest BCUT2D eigenvalue weighted by Crippen LogP contribution is 2.36. The summed E-state index contributed by atoms with van der Waals surface area (Å²) in [4.78, 5) is 26.0. The molecular weight excluding hydrogens is 418 g/mol. The second-order valence-corrected chi connectivity index (χ2v) is 8.17. The summed E-state index contributed by atoms with van der Waals surface area (Å²) in [5, 5.41) is 0. The molecule has 1 aliphatic heterocycles. The maximum atomic E-state index is 13.3. The third-order valence-electron chi connectivity index (χ3n) is 4.62. The lowest BCUT2D eigenvalue weighted by molar-refractivity contribution is -0.137. The van der Waals surface area contributed by atoms with Crippen molar-refractivity contribution in [3.8, 4) is 0 Å². The quantitative estimate of drug-likeness (QED) is 0.560. The number of nitrogens with zero attached hydrogens (tertiary/aromatic N) is 1. The van der Waals surface area contributed by atoms with Crippen molar-refractivity contribution >= 4 is 12.2 Å². The molecule has 2 amide bonds. The van der Waals surface area contributed by atoms with E-state index in [0.29, 0.717) is 11.1 Å². The Balaban J connectivity index is 1.94. The molecule has 5 nitrogen and oxygen atoms in total. The number of alkyl halides is 3. The zero-order valence-electron chi connectivity index (χ0n) is 17.1. The highest BCUT2D eigenvalue weighted by Gasteiger charge is 2.47. The number of ether oxygens (including phenoxy) is 2. The first-order valence-corrected chi connectivity index (χ1v) is 9.49. The van der Waals surface area contributed by atoms with Crippen LogP contribution in [0.4, 0.5) is 27.2 Å². The molecule has 1 fully saturated rings. The van der Waals surface area contributed by atoms with Gasteiger partial charge in [0.2, 0.25) is 0 Å². The van der Waals surface area contributed by atoms with E-state index in [1.54, 1.807) is 20.8 Å². The number of imide groups is 1. The number of halogens is 4. The van der Waals surface area contributed by atoms with E-state index in [9.17, 15) is 27.2 Å². The number of carbonyl (C=O) groups is 2. The molecule has 0 spiro atoms. The molecule has 2 unspecified atom stereocenters. The van der Waals surface area contributed by atoms with Gasteiger partial charge >= 0.3 is 18.4 Å². The Labute approximate surface area is 176 Å². The number of benzene rings is 2. The monoisotopic (exact) mass is 439 g/mol. The van der Waals surface area contributed by atoms with Crippen LogP contribution in [0.1, 0.15) is 43.6 Å². The number of rotatable bonds is 3. The summed E-state index contributed by atoms with van der Waals surface area (Å²) < 4.78 is 62.6. The van der Waals surface area contributed by atoms with Crippen LogP contribution in [0, 0.1) is 5.82 Å². The van der Waals surface area contributed by atoms with Crippen molar-refractivity contribution in [3.63, 3.8) is 0 Å². The van der Waals surface area contributed by atoms with Gasteiger partial charge in [0.1, 0.15) is 11.4 Å². The van der Waals surface area contributed by atoms with Gasteiger partial charge in [0.05, 0.1) is 11.6 Å². The third kappa shape index (κ3) is 5.34. The van der Waals surface area contributed by atoms with Gasteiger partial charge in [0, 0.05) is 0 Å². The van der Waals surface area contributed by atoms with Crippen LogP contribution in [0.3, 0.4) is 0 Å². The summed E-state index contributed by atoms with van der Waals surface area (Å²) in [6.45, 7) is 4.90. The van der Waals surface area contributed by atoms with E-state index in [-0.39, 0.29) is 6.42 Å². The summed E-state index contributed by atoms with van der Waals surface area (Å²) in [6, 6.07) is 8.74. The lowest BCUT2D eigenvalue weighted by Crippen LogP contribution is -2.43. The number of hydrogen-bond acceptors (Lipinski definition) is 4. The Morgan fingerprint density at radius 2 is 1.61 bits per heavy atom. The molecular formula is C22H21F4NO4. The number of carbonyl (C=O) groups excluding carboxylic acids is 2. The SMILES string of the molecule is CC(C)(C)OC(=O)N1C(=O)OC(c2ccc(F)cc2)C1Cc1ccc(C(F)(F)F)cc1. The first-order valence-electron chi connectivity index (χ1n) is 9.49. The lowest BCUT2D eigenvalue weighted by atomic mass is 9.95. The average molecular weight is 439 g/mol. The molecule has 0 bridgehead atoms. The second-order valence-electron chi connectivity index (χ2n) is 8.17. The Kier molecular flexibility index (Phi) is 5.98. The fourth-order valence-corrected chi connectivity index (χ4v) is 3.25. The minimum Gasteiger partial charge on any atom is -0.443 e. The predicted molar refractivity (Wildman–Crippen MR) is 103 cm³/mol. The molecule has 2 aromatic rings. The standard InChI is InChI=1S/C22H21F4NO4/c1-21(2,3)31-20(29)27-17(12-13-4-8-15(9-5-13)22(24,25)26)18(30-19(27)28)14-6-10-16(23)11-7-14/h4-11,17-18H,12H2,1-3H3. The van der Waals surface area contributed by atoms with Crippen LogP contribution in [0.5, 0.6) is 0 Å². The highest BCUT2D eigenvalue weighted by atomic mass is 19.4. The summed E-state index contributed by atoms with van der Waals surface area (Å²) >= 11 is 0. The van der Waals surface area contributed by atoms with Crippen molar-refractivity contribution in [2.24, 2.45) is 0 Å². The molecule has 0 N–H and O–H groups in total. The van der Waals surface area contributed by atoms with E-state index in [1.807, 2.05) is 0 Å². The molecule has 0 saturated carbocycles. The molecule has 1 saturated heterocycles. The number of amides is 2. The molecule has 1 heterocycles. The van der Waals surface area contributed by atoms with Crippen LogP contribution in [-0.4, -0.2) is 28.7 Å². The van der Waals surface area contributed by atoms with Crippen molar-refractivity contribution in [2.45, 2.75) is 51.1 Å². The second kappa shape index (κ2) is 8.20. The molecule has 1 aliphatic rings. The molecule has 0 aliphatic carbocycles. The Morgan fingerprint density at radius 1 is 1.03 bits per heavy atom. The van der Waals surface area contributed by atoms with E-state index in [4.69, 9.17) is 9.47 Å². The van der Waals surface area contributed by atoms with E-state index in [2.05, 4.69) is 0 Å². The minimum absolute atomic E-state index is 0.0190. The normalized spacial score (nSPS) is 19.3. The molecule has 2 aromatic carbocycles. The van der Waals surface area contributed by atoms with Crippen LogP contribution in [0.15, 0.2) is 48.5 Å². The van der Waals surface area contributed by atoms with Crippen LogP contribution in [0.25, 0.3) is 0 Å². The first kappa shape index (κ1) is 22.6. The van der Waals surface area contributed by atoms with Gasteiger partial charge in [-0.05, 0) is 62.6 Å². The fraction of sp³-hybridized carbons (Fsp3) is 0.364. The van der Waals surface area contributed by atoms with Gasteiger partial charge in [-0.2, -0.15) is 13.2 Å². The number of cyclic esters (lactones) is 1. The number of hydrogen-bond donors (Lipinski definition) is 0. The molecule has 0 aromatic heterocycles. The van der Waals surface area contributed by atoms with Crippen molar-refractivity contribution in [1.29, 1.82) is 0 Å². The molecule has 0 radical (unpaired) electrons. The third-order valence-corrected chi connectivity index (χ3v) is 4.62. The van der Waals surface area contributed by atoms with Gasteiger partial charge in [-0.1, -0.05) is 24.3 Å². The summed E-state index contributed by atoms with van der Waals surface area (Å²) in [7, 11) is 0. The van der Waals surface area contributed by atoms with Gasteiger partial charge in [-0.15, -0.1) is 0 Å². The lowest BCUT2D eigenvalue weighted by Gasteiger charge is -2.27. The molecule has 2 atom stereocenters. The van der Waals surface area contributed by atoms with E-state index in [1.165, 1.54) is 36.4 Å². The van der Waals surface area contributed by atoms with E-state index in [0.717, 1.165) is 17.0 Å². The largest absolute Gasteiger partial charge is 0.443 e. The summed E-state index contributed by atoms with van der Waals surface area (Å²) in [6.07, 6.45) is -7.28. The minimum atomic E-state index is -4.48. The maximum Gasteiger partial charge on any atom is 0.420 e. The van der Waals surface area contributed by atoms with E-state index < -0.39 is 47.5 Å². The molecule has 3 rings (SSSR count). The van der Waals surface area contributed by atoms with Crippen molar-refractivity contribution in [1.82, 2.24) is 4.90 Å². The van der Waals surface area contributed by atoms with Gasteiger partial charge in [-0.25, -0.2) is 18.9 Å². The molecule has 166 valence electrons. The molecule has 9 heteroatoms. The average Bonchev–Trinajstić information content (AvgIpc) is 2.96. The summed E-state index contributed by atoms with van der Waals surface area (Å²) in [5.74, 6) is -0.489. The van der Waals surface area contributed by atoms with Gasteiger partial charge in [-0.3, -0.25) is 0 Å². The van der Waals surface area contributed by atoms with Crippen molar-refractivity contribution in [3.05, 3.63) is 71.0 Å². The summed E-state index contributed by atoms with van der Waals surface area (Å²) in [5.41, 5.74) is -0.798. The Morgan fingerprint density at radius 3 is 2.13 bits per heavy atom. The van der Waals surface area contributed by atoms with E-state index >= 15 is 0 Å². The maximum absolute atomic E-state index is 13.3. The van der Waals surface area contributed by atoms with Gasteiger partial charge in [0.15, 0.2) is 6.10 Å². The highest BCUT2D eigenvalue weighted by molar-refractivity contribution is 5.90. The zero-order valence-corrected chi connectivity index (χ0v) is 17.1. The van der Waals surface area contributed by atoms with Crippen LogP contribution in [-0.2, 0) is 22.1 Å². The van der Waals surface area contributed by atoms with Gasteiger partial charge < -0.3 is 9.47 Å². The van der Waals surface area contributed by atoms with Crippen molar-refractivity contribution < 1.29 is 36.6 Å². The molecule has 31 heavy (non-hydrogen) atoms. The van der Waals surface area contributed by atoms with Crippen LogP contribution < -0.4 is 0 Å². The topological polar surface area (TPSA) is 55.8 Å².